The molecule has 0 heterocycles. The Kier molecular flexibility index (Phi) is 5.26. The van der Waals surface area contributed by atoms with E-state index in [0.29, 0.717) is 17.5 Å². The molecule has 0 atom stereocenters. The van der Waals surface area contributed by atoms with Gasteiger partial charge in [-0.05, 0) is 53.9 Å². The fraction of sp³-hybridized carbons (Fsp3) is 0.0476. The average Bonchev–Trinajstić information content (AvgIpc) is 2.66. The third-order valence-electron chi connectivity index (χ3n) is 4.21. The van der Waals surface area contributed by atoms with E-state index < -0.39 is 17.8 Å². The Labute approximate surface area is 160 Å². The Bertz CT molecular complexity index is 1070. The van der Waals surface area contributed by atoms with Crippen LogP contribution in [0.1, 0.15) is 31.8 Å². The van der Waals surface area contributed by atoms with Crippen molar-refractivity contribution in [1.29, 1.82) is 0 Å². The van der Waals surface area contributed by atoms with E-state index in [-0.39, 0.29) is 28.2 Å². The first kappa shape index (κ1) is 18.9. The standard InChI is InChI=1S/C21H17FN2O4/c22-16-3-1-2-4-19(16)24-18-8-6-13(11-15(18)21(27)28)9-12-5-7-17(23)14(10-12)20(25)26/h1-8,10-11,24H,9,23H2,(H,25,26)(H,27,28). The number of rotatable bonds is 6. The number of nitrogen functional groups attached to an aromatic ring is 1. The molecule has 3 aromatic rings. The van der Waals surface area contributed by atoms with E-state index in [1.165, 1.54) is 30.3 Å². The van der Waals surface area contributed by atoms with Gasteiger partial charge < -0.3 is 21.3 Å². The van der Waals surface area contributed by atoms with E-state index in [0.717, 1.165) is 0 Å². The van der Waals surface area contributed by atoms with Crippen molar-refractivity contribution in [2.45, 2.75) is 6.42 Å². The first-order chi connectivity index (χ1) is 13.3. The molecule has 0 saturated carbocycles. The Balaban J connectivity index is 1.91. The van der Waals surface area contributed by atoms with Gasteiger partial charge in [-0.1, -0.05) is 24.3 Å². The van der Waals surface area contributed by atoms with Crippen molar-refractivity contribution in [3.63, 3.8) is 0 Å². The minimum absolute atomic E-state index is 0.00574. The second-order valence-corrected chi connectivity index (χ2v) is 6.19. The number of nitrogens with two attached hydrogens (primary N) is 1. The lowest BCUT2D eigenvalue weighted by Gasteiger charge is -2.12. The van der Waals surface area contributed by atoms with Crippen molar-refractivity contribution >= 4 is 29.0 Å². The quantitative estimate of drug-likeness (QED) is 0.478. The topological polar surface area (TPSA) is 113 Å². The summed E-state index contributed by atoms with van der Waals surface area (Å²) in [7, 11) is 0. The number of carboxylic acids is 2. The summed E-state index contributed by atoms with van der Waals surface area (Å²) in [6.45, 7) is 0. The Morgan fingerprint density at radius 2 is 1.46 bits per heavy atom. The number of anilines is 3. The summed E-state index contributed by atoms with van der Waals surface area (Å²) in [4.78, 5) is 22.9. The lowest BCUT2D eigenvalue weighted by Crippen LogP contribution is -2.06. The molecule has 0 amide bonds. The van der Waals surface area contributed by atoms with Crippen LogP contribution in [-0.2, 0) is 6.42 Å². The number of carboxylic acid groups (broad SMARTS) is 2. The molecule has 6 nitrogen and oxygen atoms in total. The van der Waals surface area contributed by atoms with E-state index in [4.69, 9.17) is 5.73 Å². The molecule has 3 aromatic carbocycles. The van der Waals surface area contributed by atoms with Gasteiger partial charge in [0.2, 0.25) is 0 Å². The van der Waals surface area contributed by atoms with Crippen LogP contribution in [0.25, 0.3) is 0 Å². The predicted molar refractivity (Wildman–Crippen MR) is 104 cm³/mol. The maximum Gasteiger partial charge on any atom is 0.337 e. The lowest BCUT2D eigenvalue weighted by atomic mass is 9.99. The molecular formula is C21H17FN2O4. The minimum Gasteiger partial charge on any atom is -0.478 e. The van der Waals surface area contributed by atoms with Gasteiger partial charge in [-0.3, -0.25) is 0 Å². The van der Waals surface area contributed by atoms with Crippen LogP contribution in [0.2, 0.25) is 0 Å². The molecule has 0 bridgehead atoms. The molecule has 7 heteroatoms. The highest BCUT2D eigenvalue weighted by Crippen LogP contribution is 2.26. The third-order valence-corrected chi connectivity index (χ3v) is 4.21. The van der Waals surface area contributed by atoms with Crippen LogP contribution < -0.4 is 11.1 Å². The number of benzene rings is 3. The molecule has 142 valence electrons. The summed E-state index contributed by atoms with van der Waals surface area (Å²) >= 11 is 0. The largest absolute Gasteiger partial charge is 0.478 e. The van der Waals surface area contributed by atoms with Gasteiger partial charge >= 0.3 is 11.9 Å². The van der Waals surface area contributed by atoms with Gasteiger partial charge in [-0.25, -0.2) is 14.0 Å². The van der Waals surface area contributed by atoms with Crippen LogP contribution in [0.15, 0.2) is 60.7 Å². The Hall–Kier alpha value is -3.87. The monoisotopic (exact) mass is 380 g/mol. The molecular weight excluding hydrogens is 363 g/mol. The van der Waals surface area contributed by atoms with Gasteiger partial charge in [-0.2, -0.15) is 0 Å². The van der Waals surface area contributed by atoms with Gasteiger partial charge in [0.05, 0.1) is 22.5 Å². The SMILES string of the molecule is Nc1ccc(Cc2ccc(Nc3ccccc3F)c(C(=O)O)c2)cc1C(=O)O. The van der Waals surface area contributed by atoms with E-state index in [1.807, 2.05) is 0 Å². The van der Waals surface area contributed by atoms with Crippen LogP contribution in [0.3, 0.4) is 0 Å². The zero-order valence-electron chi connectivity index (χ0n) is 14.6. The third kappa shape index (κ3) is 4.09. The number of carbonyl (C=O) groups is 2. The summed E-state index contributed by atoms with van der Waals surface area (Å²) < 4.78 is 13.8. The zero-order chi connectivity index (χ0) is 20.3. The molecule has 0 aliphatic heterocycles. The molecule has 0 unspecified atom stereocenters. The minimum atomic E-state index is -1.16. The highest BCUT2D eigenvalue weighted by Gasteiger charge is 2.14. The van der Waals surface area contributed by atoms with Crippen molar-refractivity contribution in [3.05, 3.63) is 88.7 Å². The van der Waals surface area contributed by atoms with Crippen molar-refractivity contribution in [2.75, 3.05) is 11.1 Å². The number of para-hydroxylation sites is 1. The molecule has 0 aliphatic rings. The molecule has 3 rings (SSSR count). The molecule has 0 fully saturated rings. The van der Waals surface area contributed by atoms with Crippen LogP contribution >= 0.6 is 0 Å². The zero-order valence-corrected chi connectivity index (χ0v) is 14.6. The van der Waals surface area contributed by atoms with Crippen LogP contribution in [0, 0.1) is 5.82 Å². The van der Waals surface area contributed by atoms with Gasteiger partial charge in [0.25, 0.3) is 0 Å². The summed E-state index contributed by atoms with van der Waals surface area (Å²) in [5, 5.41) is 21.5. The summed E-state index contributed by atoms with van der Waals surface area (Å²) in [6.07, 6.45) is 0.320. The number of hydrogen-bond acceptors (Lipinski definition) is 4. The summed E-state index contributed by atoms with van der Waals surface area (Å²) in [5.74, 6) is -2.79. The first-order valence-electron chi connectivity index (χ1n) is 8.34. The molecule has 0 radical (unpaired) electrons. The number of halogens is 1. The van der Waals surface area contributed by atoms with E-state index >= 15 is 0 Å². The van der Waals surface area contributed by atoms with Crippen LogP contribution in [-0.4, -0.2) is 22.2 Å². The van der Waals surface area contributed by atoms with E-state index in [1.54, 1.807) is 30.3 Å². The van der Waals surface area contributed by atoms with Crippen LogP contribution in [0.4, 0.5) is 21.5 Å². The Morgan fingerprint density at radius 1 is 0.857 bits per heavy atom. The second-order valence-electron chi connectivity index (χ2n) is 6.19. The van der Waals surface area contributed by atoms with E-state index in [2.05, 4.69) is 5.32 Å². The van der Waals surface area contributed by atoms with Crippen molar-refractivity contribution in [2.24, 2.45) is 0 Å². The number of hydrogen-bond donors (Lipinski definition) is 4. The maximum atomic E-state index is 13.8. The summed E-state index contributed by atoms with van der Waals surface area (Å²) in [6, 6.07) is 15.4. The van der Waals surface area contributed by atoms with E-state index in [9.17, 15) is 24.2 Å². The van der Waals surface area contributed by atoms with Crippen LogP contribution in [0.5, 0.6) is 0 Å². The van der Waals surface area contributed by atoms with Crippen molar-refractivity contribution < 1.29 is 24.2 Å². The maximum absolute atomic E-state index is 13.8. The average molecular weight is 380 g/mol. The molecule has 0 aliphatic carbocycles. The Morgan fingerprint density at radius 3 is 2.11 bits per heavy atom. The fourth-order valence-electron chi connectivity index (χ4n) is 2.83. The first-order valence-corrected chi connectivity index (χ1v) is 8.34. The number of nitrogens with one attached hydrogen (secondary N) is 1. The molecule has 5 N–H and O–H groups in total. The van der Waals surface area contributed by atoms with Gasteiger partial charge in [-0.15, -0.1) is 0 Å². The highest BCUT2D eigenvalue weighted by molar-refractivity contribution is 5.95. The molecule has 0 spiro atoms. The molecule has 28 heavy (non-hydrogen) atoms. The predicted octanol–water partition coefficient (Wildman–Crippen LogP) is 4.14. The second kappa shape index (κ2) is 7.79. The lowest BCUT2D eigenvalue weighted by molar-refractivity contribution is 0.0687. The smallest absolute Gasteiger partial charge is 0.337 e. The van der Waals surface area contributed by atoms with Crippen molar-refractivity contribution in [1.82, 2.24) is 0 Å². The molecule has 0 saturated heterocycles. The highest BCUT2D eigenvalue weighted by atomic mass is 19.1. The summed E-state index contributed by atoms with van der Waals surface area (Å²) in [5.41, 5.74) is 7.56. The molecule has 0 aromatic heterocycles. The van der Waals surface area contributed by atoms with Gasteiger partial charge in [0.1, 0.15) is 5.82 Å². The van der Waals surface area contributed by atoms with Crippen molar-refractivity contribution in [3.8, 4) is 0 Å². The van der Waals surface area contributed by atoms with Gasteiger partial charge in [0.15, 0.2) is 0 Å². The fourth-order valence-corrected chi connectivity index (χ4v) is 2.83. The normalized spacial score (nSPS) is 10.5. The number of aromatic carboxylic acids is 2. The van der Waals surface area contributed by atoms with Gasteiger partial charge in [0, 0.05) is 5.69 Å².